The van der Waals surface area contributed by atoms with E-state index < -0.39 is 0 Å². The van der Waals surface area contributed by atoms with Crippen LogP contribution < -0.4 is 4.74 Å². The molecule has 0 heterocycles. The average Bonchev–Trinajstić information content (AvgIpc) is 2.60. The summed E-state index contributed by atoms with van der Waals surface area (Å²) in [6.07, 6.45) is 9.42. The molecular formula is C16H23BrO. The van der Waals surface area contributed by atoms with Crippen molar-refractivity contribution in [2.24, 2.45) is 5.92 Å². The number of rotatable bonds is 5. The molecule has 1 saturated carbocycles. The van der Waals surface area contributed by atoms with Crippen molar-refractivity contribution in [1.82, 2.24) is 0 Å². The molecule has 1 aromatic rings. The average molecular weight is 311 g/mol. The van der Waals surface area contributed by atoms with Gasteiger partial charge in [0.2, 0.25) is 0 Å². The Morgan fingerprint density at radius 2 is 1.89 bits per heavy atom. The van der Waals surface area contributed by atoms with E-state index in [2.05, 4.69) is 15.9 Å². The van der Waals surface area contributed by atoms with Gasteiger partial charge in [-0.25, -0.2) is 0 Å². The van der Waals surface area contributed by atoms with Crippen LogP contribution in [0.1, 0.15) is 44.9 Å². The molecule has 2 heteroatoms. The van der Waals surface area contributed by atoms with Gasteiger partial charge in [0, 0.05) is 4.83 Å². The van der Waals surface area contributed by atoms with E-state index in [0.29, 0.717) is 0 Å². The van der Waals surface area contributed by atoms with Crippen molar-refractivity contribution in [2.45, 2.75) is 49.8 Å². The Bertz CT molecular complexity index is 325. The standard InChI is InChI=1S/C16H23BrO/c17-15-9-5-4-7-14(13-15)8-6-12-18-16-10-2-1-3-11-16/h1-3,10-11,14-15H,4-9,12-13H2. The van der Waals surface area contributed by atoms with E-state index >= 15 is 0 Å². The molecule has 2 rings (SSSR count). The van der Waals surface area contributed by atoms with Crippen molar-refractivity contribution < 1.29 is 4.74 Å². The lowest BCUT2D eigenvalue weighted by Gasteiger charge is -2.16. The first-order valence-corrected chi connectivity index (χ1v) is 8.08. The zero-order valence-electron chi connectivity index (χ0n) is 11.0. The van der Waals surface area contributed by atoms with E-state index in [0.717, 1.165) is 23.1 Å². The monoisotopic (exact) mass is 310 g/mol. The minimum absolute atomic E-state index is 0.750. The van der Waals surface area contributed by atoms with Crippen LogP contribution in [0.2, 0.25) is 0 Å². The maximum atomic E-state index is 5.74. The fourth-order valence-corrected chi connectivity index (χ4v) is 3.59. The first-order valence-electron chi connectivity index (χ1n) is 7.16. The highest BCUT2D eigenvalue weighted by Crippen LogP contribution is 2.30. The molecule has 0 amide bonds. The summed E-state index contributed by atoms with van der Waals surface area (Å²) < 4.78 is 5.74. The predicted octanol–water partition coefficient (Wildman–Crippen LogP) is 5.19. The molecule has 0 spiro atoms. The highest BCUT2D eigenvalue weighted by Gasteiger charge is 2.17. The van der Waals surface area contributed by atoms with Crippen LogP contribution in [-0.2, 0) is 0 Å². The number of benzene rings is 1. The largest absolute Gasteiger partial charge is 0.494 e. The van der Waals surface area contributed by atoms with Crippen molar-refractivity contribution in [1.29, 1.82) is 0 Å². The Hall–Kier alpha value is -0.500. The summed E-state index contributed by atoms with van der Waals surface area (Å²) in [5.41, 5.74) is 0. The minimum Gasteiger partial charge on any atom is -0.494 e. The maximum Gasteiger partial charge on any atom is 0.119 e. The van der Waals surface area contributed by atoms with Gasteiger partial charge < -0.3 is 4.74 Å². The second-order valence-corrected chi connectivity index (χ2v) is 6.58. The van der Waals surface area contributed by atoms with Gasteiger partial charge in [-0.3, -0.25) is 0 Å². The molecule has 2 unspecified atom stereocenters. The van der Waals surface area contributed by atoms with E-state index in [4.69, 9.17) is 4.74 Å². The number of hydrogen-bond donors (Lipinski definition) is 0. The van der Waals surface area contributed by atoms with E-state index in [1.807, 2.05) is 30.3 Å². The SMILES string of the molecule is BrC1CCCCC(CCCOc2ccccc2)C1. The summed E-state index contributed by atoms with van der Waals surface area (Å²) in [6, 6.07) is 10.1. The Balaban J connectivity index is 1.63. The second kappa shape index (κ2) is 7.83. The Labute approximate surface area is 119 Å². The molecule has 100 valence electrons. The van der Waals surface area contributed by atoms with Gasteiger partial charge in [-0.1, -0.05) is 53.4 Å². The summed E-state index contributed by atoms with van der Waals surface area (Å²) in [6.45, 7) is 0.855. The highest BCUT2D eigenvalue weighted by molar-refractivity contribution is 9.09. The summed E-state index contributed by atoms with van der Waals surface area (Å²) in [5.74, 6) is 1.90. The predicted molar refractivity (Wildman–Crippen MR) is 80.5 cm³/mol. The number of halogens is 1. The lowest BCUT2D eigenvalue weighted by atomic mass is 9.95. The summed E-state index contributed by atoms with van der Waals surface area (Å²) in [4.78, 5) is 0.750. The number of hydrogen-bond acceptors (Lipinski definition) is 1. The van der Waals surface area contributed by atoms with Crippen molar-refractivity contribution in [3.05, 3.63) is 30.3 Å². The van der Waals surface area contributed by atoms with Crippen LogP contribution in [0.4, 0.5) is 0 Å². The zero-order valence-corrected chi connectivity index (χ0v) is 12.6. The number of ether oxygens (including phenoxy) is 1. The topological polar surface area (TPSA) is 9.23 Å². The minimum atomic E-state index is 0.750. The number of para-hydroxylation sites is 1. The normalized spacial score (nSPS) is 24.5. The quantitative estimate of drug-likeness (QED) is 0.413. The first-order chi connectivity index (χ1) is 8.84. The second-order valence-electron chi connectivity index (χ2n) is 5.29. The van der Waals surface area contributed by atoms with Crippen LogP contribution >= 0.6 is 15.9 Å². The molecule has 1 aliphatic carbocycles. The van der Waals surface area contributed by atoms with Crippen molar-refractivity contribution in [2.75, 3.05) is 6.61 Å². The third-order valence-electron chi connectivity index (χ3n) is 3.74. The molecule has 1 aromatic carbocycles. The van der Waals surface area contributed by atoms with Gasteiger partial charge in [-0.15, -0.1) is 0 Å². The summed E-state index contributed by atoms with van der Waals surface area (Å²) in [7, 11) is 0. The lowest BCUT2D eigenvalue weighted by Crippen LogP contribution is -2.07. The van der Waals surface area contributed by atoms with Gasteiger partial charge in [0.05, 0.1) is 6.61 Å². The van der Waals surface area contributed by atoms with Crippen molar-refractivity contribution in [3.8, 4) is 5.75 Å². The third kappa shape index (κ3) is 5.01. The fourth-order valence-electron chi connectivity index (χ4n) is 2.74. The Morgan fingerprint density at radius 3 is 2.72 bits per heavy atom. The van der Waals surface area contributed by atoms with Crippen molar-refractivity contribution >= 4 is 15.9 Å². The van der Waals surface area contributed by atoms with Crippen LogP contribution in [0.25, 0.3) is 0 Å². The lowest BCUT2D eigenvalue weighted by molar-refractivity contribution is 0.286. The Morgan fingerprint density at radius 1 is 1.11 bits per heavy atom. The zero-order chi connectivity index (χ0) is 12.6. The van der Waals surface area contributed by atoms with Gasteiger partial charge in [0.25, 0.3) is 0 Å². The van der Waals surface area contributed by atoms with Crippen LogP contribution in [0.5, 0.6) is 5.75 Å². The molecule has 2 atom stereocenters. The van der Waals surface area contributed by atoms with Gasteiger partial charge >= 0.3 is 0 Å². The van der Waals surface area contributed by atoms with E-state index in [-0.39, 0.29) is 0 Å². The van der Waals surface area contributed by atoms with Crippen LogP contribution in [0, 0.1) is 5.92 Å². The molecule has 0 N–H and O–H groups in total. The van der Waals surface area contributed by atoms with Gasteiger partial charge in [0.1, 0.15) is 5.75 Å². The molecule has 18 heavy (non-hydrogen) atoms. The first kappa shape index (κ1) is 13.9. The summed E-state index contributed by atoms with van der Waals surface area (Å²) >= 11 is 3.79. The smallest absolute Gasteiger partial charge is 0.119 e. The highest BCUT2D eigenvalue weighted by atomic mass is 79.9. The maximum absolute atomic E-state index is 5.74. The fraction of sp³-hybridized carbons (Fsp3) is 0.625. The summed E-state index contributed by atoms with van der Waals surface area (Å²) in [5, 5.41) is 0. The van der Waals surface area contributed by atoms with E-state index in [1.54, 1.807) is 0 Å². The van der Waals surface area contributed by atoms with E-state index in [1.165, 1.54) is 44.9 Å². The molecule has 0 radical (unpaired) electrons. The third-order valence-corrected chi connectivity index (χ3v) is 4.57. The molecular weight excluding hydrogens is 288 g/mol. The number of alkyl halides is 1. The van der Waals surface area contributed by atoms with Crippen LogP contribution in [0.3, 0.4) is 0 Å². The molecule has 1 nitrogen and oxygen atoms in total. The van der Waals surface area contributed by atoms with Gasteiger partial charge in [0.15, 0.2) is 0 Å². The Kier molecular flexibility index (Phi) is 6.06. The molecule has 1 fully saturated rings. The molecule has 0 saturated heterocycles. The van der Waals surface area contributed by atoms with Crippen LogP contribution in [0.15, 0.2) is 30.3 Å². The molecule has 1 aliphatic rings. The van der Waals surface area contributed by atoms with E-state index in [9.17, 15) is 0 Å². The van der Waals surface area contributed by atoms with Gasteiger partial charge in [-0.2, -0.15) is 0 Å². The van der Waals surface area contributed by atoms with Crippen molar-refractivity contribution in [3.63, 3.8) is 0 Å². The van der Waals surface area contributed by atoms with Gasteiger partial charge in [-0.05, 0) is 43.7 Å². The molecule has 0 aliphatic heterocycles. The molecule has 0 bridgehead atoms. The van der Waals surface area contributed by atoms with Crippen LogP contribution in [-0.4, -0.2) is 11.4 Å². The molecule has 0 aromatic heterocycles.